The first-order valence-corrected chi connectivity index (χ1v) is 6.33. The van der Waals surface area contributed by atoms with Gasteiger partial charge in [-0.1, -0.05) is 36.8 Å². The van der Waals surface area contributed by atoms with E-state index in [1.54, 1.807) is 0 Å². The Morgan fingerprint density at radius 2 is 2.00 bits per heavy atom. The van der Waals surface area contributed by atoms with Gasteiger partial charge in [0.1, 0.15) is 0 Å². The molecule has 2 rings (SSSR count). The smallest absolute Gasteiger partial charge is 0.221 e. The van der Waals surface area contributed by atoms with Gasteiger partial charge in [-0.15, -0.1) is 12.4 Å². The Bertz CT molecular complexity index is 365. The molecule has 1 aromatic rings. The molecule has 0 aliphatic heterocycles. The molecule has 3 nitrogen and oxygen atoms in total. The Hall–Kier alpha value is -1.06. The highest BCUT2D eigenvalue weighted by Gasteiger charge is 2.18. The van der Waals surface area contributed by atoms with Crippen LogP contribution in [0.1, 0.15) is 37.3 Å². The molecular weight excluding hydrogens is 248 g/mol. The summed E-state index contributed by atoms with van der Waals surface area (Å²) in [4.78, 5) is 11.7. The molecule has 1 atom stereocenters. The third kappa shape index (κ3) is 4.31. The first-order valence-electron chi connectivity index (χ1n) is 6.33. The van der Waals surface area contributed by atoms with Crippen LogP contribution in [0.3, 0.4) is 0 Å². The fraction of sp³-hybridized carbons (Fsp3) is 0.500. The number of hydrogen-bond donors (Lipinski definition) is 2. The third-order valence-corrected chi connectivity index (χ3v) is 3.45. The average Bonchev–Trinajstić information content (AvgIpc) is 2.28. The Morgan fingerprint density at radius 1 is 1.33 bits per heavy atom. The molecule has 0 heterocycles. The molecule has 100 valence electrons. The molecule has 1 aromatic carbocycles. The quantitative estimate of drug-likeness (QED) is 0.862. The lowest BCUT2D eigenvalue weighted by Gasteiger charge is -2.25. The zero-order valence-electron chi connectivity index (χ0n) is 10.5. The summed E-state index contributed by atoms with van der Waals surface area (Å²) >= 11 is 0. The fourth-order valence-corrected chi connectivity index (χ4v) is 2.05. The summed E-state index contributed by atoms with van der Waals surface area (Å²) < 4.78 is 0. The van der Waals surface area contributed by atoms with Crippen molar-refractivity contribution in [2.24, 2.45) is 11.7 Å². The van der Waals surface area contributed by atoms with Gasteiger partial charge in [0.2, 0.25) is 5.91 Å². The van der Waals surface area contributed by atoms with Crippen LogP contribution in [0.5, 0.6) is 0 Å². The molecule has 0 bridgehead atoms. The van der Waals surface area contributed by atoms with E-state index in [-0.39, 0.29) is 24.4 Å². The number of carbonyl (C=O) groups is 1. The van der Waals surface area contributed by atoms with Gasteiger partial charge in [0.15, 0.2) is 0 Å². The van der Waals surface area contributed by atoms with E-state index < -0.39 is 0 Å². The van der Waals surface area contributed by atoms with Gasteiger partial charge in [-0.3, -0.25) is 4.79 Å². The second-order valence-electron chi connectivity index (χ2n) is 4.82. The second-order valence-corrected chi connectivity index (χ2v) is 4.82. The molecule has 0 spiro atoms. The van der Waals surface area contributed by atoms with Crippen molar-refractivity contribution in [3.8, 4) is 0 Å². The minimum absolute atomic E-state index is 0. The summed E-state index contributed by atoms with van der Waals surface area (Å²) in [6.45, 7) is 0.820. The molecular formula is C14H21ClN2O. The van der Waals surface area contributed by atoms with Crippen molar-refractivity contribution in [1.82, 2.24) is 5.32 Å². The van der Waals surface area contributed by atoms with Gasteiger partial charge in [0, 0.05) is 19.0 Å². The summed E-state index contributed by atoms with van der Waals surface area (Å²) in [5.41, 5.74) is 7.01. The van der Waals surface area contributed by atoms with Crippen molar-refractivity contribution in [2.75, 3.05) is 6.54 Å². The van der Waals surface area contributed by atoms with E-state index in [2.05, 4.69) is 5.32 Å². The van der Waals surface area contributed by atoms with Gasteiger partial charge >= 0.3 is 0 Å². The zero-order valence-corrected chi connectivity index (χ0v) is 11.3. The molecule has 0 radical (unpaired) electrons. The van der Waals surface area contributed by atoms with E-state index in [0.717, 1.165) is 12.1 Å². The predicted molar refractivity (Wildman–Crippen MR) is 75.6 cm³/mol. The average molecular weight is 269 g/mol. The summed E-state index contributed by atoms with van der Waals surface area (Å²) in [7, 11) is 0. The van der Waals surface area contributed by atoms with Crippen molar-refractivity contribution < 1.29 is 4.79 Å². The number of rotatable bonds is 5. The van der Waals surface area contributed by atoms with Gasteiger partial charge in [0.25, 0.3) is 0 Å². The highest BCUT2D eigenvalue weighted by molar-refractivity contribution is 5.85. The monoisotopic (exact) mass is 268 g/mol. The van der Waals surface area contributed by atoms with E-state index >= 15 is 0 Å². The van der Waals surface area contributed by atoms with E-state index in [9.17, 15) is 4.79 Å². The van der Waals surface area contributed by atoms with Crippen LogP contribution in [0.4, 0.5) is 0 Å². The number of nitrogens with two attached hydrogens (primary N) is 1. The maximum atomic E-state index is 11.7. The number of amides is 1. The first-order chi connectivity index (χ1) is 8.25. The zero-order chi connectivity index (χ0) is 12.1. The lowest BCUT2D eigenvalue weighted by Crippen LogP contribution is -2.33. The van der Waals surface area contributed by atoms with Crippen LogP contribution in [-0.4, -0.2) is 12.5 Å². The summed E-state index contributed by atoms with van der Waals surface area (Å²) in [5, 5.41) is 2.97. The van der Waals surface area contributed by atoms with Gasteiger partial charge in [-0.2, -0.15) is 0 Å². The Kier molecular flexibility index (Phi) is 6.16. The van der Waals surface area contributed by atoms with Crippen LogP contribution in [0.25, 0.3) is 0 Å². The second kappa shape index (κ2) is 7.39. The van der Waals surface area contributed by atoms with E-state index in [1.807, 2.05) is 30.3 Å². The molecule has 0 saturated heterocycles. The summed E-state index contributed by atoms with van der Waals surface area (Å²) in [6.07, 6.45) is 4.19. The highest BCUT2D eigenvalue weighted by atomic mass is 35.5. The molecule has 18 heavy (non-hydrogen) atoms. The largest absolute Gasteiger partial charge is 0.356 e. The maximum absolute atomic E-state index is 11.7. The normalized spacial score (nSPS) is 16.3. The molecule has 1 aliphatic carbocycles. The fourth-order valence-electron chi connectivity index (χ4n) is 2.05. The molecule has 0 aromatic heterocycles. The predicted octanol–water partition coefficient (Wildman–Crippen LogP) is 2.41. The van der Waals surface area contributed by atoms with Crippen molar-refractivity contribution in [3.63, 3.8) is 0 Å². The van der Waals surface area contributed by atoms with Gasteiger partial charge in [0.05, 0.1) is 0 Å². The van der Waals surface area contributed by atoms with E-state index in [4.69, 9.17) is 5.73 Å². The van der Waals surface area contributed by atoms with Crippen molar-refractivity contribution in [1.29, 1.82) is 0 Å². The van der Waals surface area contributed by atoms with Gasteiger partial charge in [-0.05, 0) is 24.3 Å². The number of halogens is 1. The Labute approximate surface area is 115 Å². The minimum Gasteiger partial charge on any atom is -0.356 e. The van der Waals surface area contributed by atoms with Crippen LogP contribution in [-0.2, 0) is 4.79 Å². The Morgan fingerprint density at radius 3 is 2.56 bits per heavy atom. The molecule has 1 fully saturated rings. The van der Waals surface area contributed by atoms with E-state index in [1.165, 1.54) is 19.3 Å². The number of carbonyl (C=O) groups excluding carboxylic acids is 1. The molecule has 1 aliphatic rings. The lowest BCUT2D eigenvalue weighted by molar-refractivity contribution is -0.121. The maximum Gasteiger partial charge on any atom is 0.221 e. The molecule has 1 unspecified atom stereocenters. The van der Waals surface area contributed by atoms with Crippen molar-refractivity contribution in [3.05, 3.63) is 35.9 Å². The molecule has 1 amide bonds. The van der Waals surface area contributed by atoms with Gasteiger partial charge < -0.3 is 11.1 Å². The number of nitrogens with one attached hydrogen (secondary N) is 1. The Balaban J connectivity index is 0.00000162. The molecule has 1 saturated carbocycles. The highest BCUT2D eigenvalue weighted by Crippen LogP contribution is 2.25. The van der Waals surface area contributed by atoms with Gasteiger partial charge in [-0.25, -0.2) is 0 Å². The third-order valence-electron chi connectivity index (χ3n) is 3.45. The van der Waals surface area contributed by atoms with Crippen molar-refractivity contribution >= 4 is 18.3 Å². The number of benzene rings is 1. The van der Waals surface area contributed by atoms with Crippen LogP contribution in [0, 0.1) is 5.92 Å². The standard InChI is InChI=1S/C14H20N2O.ClH/c15-13(12-7-2-1-3-8-12)9-14(17)16-10-11-5-4-6-11;/h1-3,7-8,11,13H,4-6,9-10,15H2,(H,16,17);1H. The van der Waals surface area contributed by atoms with Crippen LogP contribution in [0.15, 0.2) is 30.3 Å². The lowest BCUT2D eigenvalue weighted by atomic mass is 9.85. The molecule has 3 N–H and O–H groups in total. The van der Waals surface area contributed by atoms with Crippen molar-refractivity contribution in [2.45, 2.75) is 31.7 Å². The van der Waals surface area contributed by atoms with Crippen LogP contribution >= 0.6 is 12.4 Å². The summed E-state index contributed by atoms with van der Waals surface area (Å²) in [5.74, 6) is 0.764. The minimum atomic E-state index is -0.197. The summed E-state index contributed by atoms with van der Waals surface area (Å²) in [6, 6.07) is 9.57. The number of hydrogen-bond acceptors (Lipinski definition) is 2. The van der Waals surface area contributed by atoms with E-state index in [0.29, 0.717) is 12.3 Å². The van der Waals surface area contributed by atoms with Crippen LogP contribution < -0.4 is 11.1 Å². The topological polar surface area (TPSA) is 55.1 Å². The SMILES string of the molecule is Cl.NC(CC(=O)NCC1CCC1)c1ccccc1. The van der Waals surface area contributed by atoms with Crippen LogP contribution in [0.2, 0.25) is 0 Å². The first kappa shape index (κ1) is 15.0. The molecule has 4 heteroatoms.